The molecular formula is C48H79O12P. The average molecular weight is 879 g/mol. The smallest absolute Gasteiger partial charge is 0.462 e. The molecule has 348 valence electrons. The fourth-order valence-corrected chi connectivity index (χ4v) is 6.19. The summed E-state index contributed by atoms with van der Waals surface area (Å²) in [5, 5.41) is 38.3. The van der Waals surface area contributed by atoms with Gasteiger partial charge in [-0.15, -0.1) is 0 Å². The summed E-state index contributed by atoms with van der Waals surface area (Å²) in [7, 11) is -4.67. The van der Waals surface area contributed by atoms with Gasteiger partial charge in [-0.1, -0.05) is 156 Å². The van der Waals surface area contributed by atoms with E-state index in [-0.39, 0.29) is 12.8 Å². The van der Waals surface area contributed by atoms with E-state index in [0.29, 0.717) is 32.1 Å². The van der Waals surface area contributed by atoms with Crippen LogP contribution in [0, 0.1) is 0 Å². The van der Waals surface area contributed by atoms with Crippen LogP contribution in [0.15, 0.2) is 97.2 Å². The summed E-state index contributed by atoms with van der Waals surface area (Å²) in [4.78, 5) is 35.0. The molecule has 0 aromatic heterocycles. The van der Waals surface area contributed by atoms with Crippen molar-refractivity contribution in [3.8, 4) is 0 Å². The number of phosphoric acid groups is 1. The Morgan fingerprint density at radius 1 is 0.574 bits per heavy atom. The maximum Gasteiger partial charge on any atom is 0.472 e. The SMILES string of the molecule is CC/C=C\C[C@@H](O)/C=C/C=C\C=C\[C@@H](O)C/C=C\C/C=C\CCC(=O)OC[C@H](COP(=O)(O)OC[C@@H](O)CO)OC(=O)CCCCCCCCC/C=C\C/C=C\CCCCC. The van der Waals surface area contributed by atoms with Crippen LogP contribution in [0.4, 0.5) is 0 Å². The third-order valence-corrected chi connectivity index (χ3v) is 9.85. The van der Waals surface area contributed by atoms with Crippen molar-refractivity contribution in [2.24, 2.45) is 0 Å². The highest BCUT2D eigenvalue weighted by Crippen LogP contribution is 2.43. The van der Waals surface area contributed by atoms with Crippen molar-refractivity contribution in [1.29, 1.82) is 0 Å². The van der Waals surface area contributed by atoms with Gasteiger partial charge in [-0.05, 0) is 70.6 Å². The first-order chi connectivity index (χ1) is 29.5. The Morgan fingerprint density at radius 2 is 1.10 bits per heavy atom. The molecule has 0 aliphatic carbocycles. The quantitative estimate of drug-likeness (QED) is 0.0129. The van der Waals surface area contributed by atoms with Crippen molar-refractivity contribution in [2.75, 3.05) is 26.4 Å². The molecule has 0 aliphatic heterocycles. The van der Waals surface area contributed by atoms with Crippen LogP contribution >= 0.6 is 7.82 Å². The number of carbonyl (C=O) groups is 2. The topological polar surface area (TPSA) is 189 Å². The van der Waals surface area contributed by atoms with Crippen molar-refractivity contribution < 1.29 is 58.0 Å². The summed E-state index contributed by atoms with van der Waals surface area (Å²) >= 11 is 0. The number of hydrogen-bond acceptors (Lipinski definition) is 11. The highest BCUT2D eigenvalue weighted by Gasteiger charge is 2.27. The minimum atomic E-state index is -4.67. The second-order valence-electron chi connectivity index (χ2n) is 14.7. The lowest BCUT2D eigenvalue weighted by atomic mass is 10.1. The van der Waals surface area contributed by atoms with Crippen LogP contribution in [0.5, 0.6) is 0 Å². The third-order valence-electron chi connectivity index (χ3n) is 8.90. The van der Waals surface area contributed by atoms with Gasteiger partial charge < -0.3 is 34.8 Å². The Morgan fingerprint density at radius 3 is 1.69 bits per heavy atom. The largest absolute Gasteiger partial charge is 0.472 e. The second kappa shape index (κ2) is 42.1. The van der Waals surface area contributed by atoms with E-state index in [1.807, 2.05) is 43.4 Å². The first kappa shape index (κ1) is 57.8. The molecule has 13 heteroatoms. The summed E-state index contributed by atoms with van der Waals surface area (Å²) in [6.07, 6.45) is 44.4. The molecular weight excluding hydrogens is 799 g/mol. The van der Waals surface area contributed by atoms with Gasteiger partial charge in [0.05, 0.1) is 32.0 Å². The maximum atomic E-state index is 12.6. The van der Waals surface area contributed by atoms with Crippen molar-refractivity contribution in [3.63, 3.8) is 0 Å². The number of unbranched alkanes of at least 4 members (excludes halogenated alkanes) is 10. The first-order valence-electron chi connectivity index (χ1n) is 22.4. The number of phosphoric ester groups is 1. The van der Waals surface area contributed by atoms with E-state index in [1.54, 1.807) is 36.5 Å². The van der Waals surface area contributed by atoms with Crippen LogP contribution in [0.1, 0.15) is 142 Å². The number of ether oxygens (including phenoxy) is 2. The molecule has 12 nitrogen and oxygen atoms in total. The van der Waals surface area contributed by atoms with Gasteiger partial charge in [-0.2, -0.15) is 0 Å². The van der Waals surface area contributed by atoms with E-state index in [4.69, 9.17) is 19.1 Å². The monoisotopic (exact) mass is 879 g/mol. The van der Waals surface area contributed by atoms with Gasteiger partial charge in [0.2, 0.25) is 0 Å². The second-order valence-corrected chi connectivity index (χ2v) is 16.2. The molecule has 0 spiro atoms. The standard InChI is InChI=1S/C48H79O12P/c1-3-5-7-8-9-10-11-12-13-14-15-16-17-18-19-24-32-38-48(54)60-46(42-59-61(55,56)58-40-45(52)39-49)41-57-47(53)37-31-23-21-20-22-28-34-44(51)36-30-26-25-29-35-43(50)33-27-6-4-2/h6,9-10,12-13,21-23,25-30,35-36,43-46,49-52H,3-5,7-8,11,14-20,24,31-34,37-42H2,1-2H3,(H,55,56)/b10-9-,13-12-,23-21-,26-25-,27-6-,28-22-,35-29+,36-30+/t43-,44+,45+,46-/m1/s1. The molecule has 0 aliphatic rings. The highest BCUT2D eigenvalue weighted by atomic mass is 31.2. The van der Waals surface area contributed by atoms with Crippen molar-refractivity contribution in [2.45, 2.75) is 167 Å². The lowest BCUT2D eigenvalue weighted by Gasteiger charge is -2.20. The van der Waals surface area contributed by atoms with E-state index in [0.717, 1.165) is 51.4 Å². The summed E-state index contributed by atoms with van der Waals surface area (Å²) in [6.45, 7) is 1.93. The summed E-state index contributed by atoms with van der Waals surface area (Å²) < 4.78 is 32.6. The van der Waals surface area contributed by atoms with E-state index >= 15 is 0 Å². The minimum Gasteiger partial charge on any atom is -0.462 e. The molecule has 0 heterocycles. The Labute approximate surface area is 367 Å². The van der Waals surface area contributed by atoms with Gasteiger partial charge in [0, 0.05) is 12.8 Å². The fraction of sp³-hybridized carbons (Fsp3) is 0.625. The maximum absolute atomic E-state index is 12.6. The average Bonchev–Trinajstić information content (AvgIpc) is 3.24. The molecule has 0 fully saturated rings. The van der Waals surface area contributed by atoms with Crippen LogP contribution in [0.3, 0.4) is 0 Å². The predicted octanol–water partition coefficient (Wildman–Crippen LogP) is 9.94. The van der Waals surface area contributed by atoms with Crippen LogP contribution in [-0.4, -0.2) is 88.1 Å². The molecule has 5 atom stereocenters. The molecule has 1 unspecified atom stereocenters. The lowest BCUT2D eigenvalue weighted by molar-refractivity contribution is -0.161. The van der Waals surface area contributed by atoms with Gasteiger partial charge in [-0.3, -0.25) is 18.6 Å². The third kappa shape index (κ3) is 41.9. The molecule has 0 radical (unpaired) electrons. The van der Waals surface area contributed by atoms with Crippen molar-refractivity contribution in [3.05, 3.63) is 97.2 Å². The molecule has 0 saturated heterocycles. The Bertz CT molecular complexity index is 1370. The zero-order valence-corrected chi connectivity index (χ0v) is 38.0. The van der Waals surface area contributed by atoms with Crippen molar-refractivity contribution >= 4 is 19.8 Å². The number of hydrogen-bond donors (Lipinski definition) is 5. The van der Waals surface area contributed by atoms with Gasteiger partial charge in [0.25, 0.3) is 0 Å². The molecule has 0 amide bonds. The molecule has 0 saturated carbocycles. The Kier molecular flexibility index (Phi) is 39.9. The first-order valence-corrected chi connectivity index (χ1v) is 23.9. The summed E-state index contributed by atoms with van der Waals surface area (Å²) in [5.41, 5.74) is 0. The summed E-state index contributed by atoms with van der Waals surface area (Å²) in [6, 6.07) is 0. The number of aliphatic hydroxyl groups excluding tert-OH is 4. The fourth-order valence-electron chi connectivity index (χ4n) is 5.40. The van der Waals surface area contributed by atoms with Crippen LogP contribution in [-0.2, 0) is 32.7 Å². The van der Waals surface area contributed by atoms with E-state index in [9.17, 15) is 34.4 Å². The molecule has 0 rings (SSSR count). The number of aliphatic hydroxyl groups is 4. The van der Waals surface area contributed by atoms with E-state index in [2.05, 4.69) is 35.8 Å². The molecule has 5 N–H and O–H groups in total. The molecule has 0 aromatic carbocycles. The van der Waals surface area contributed by atoms with Crippen LogP contribution in [0.2, 0.25) is 0 Å². The van der Waals surface area contributed by atoms with E-state index in [1.165, 1.54) is 32.1 Å². The van der Waals surface area contributed by atoms with Gasteiger partial charge in [0.15, 0.2) is 6.10 Å². The molecule has 0 bridgehead atoms. The lowest BCUT2D eigenvalue weighted by Crippen LogP contribution is -2.29. The number of rotatable bonds is 40. The normalized spacial score (nSPS) is 15.7. The number of allylic oxidation sites excluding steroid dienone is 12. The van der Waals surface area contributed by atoms with E-state index < -0.39 is 70.6 Å². The highest BCUT2D eigenvalue weighted by molar-refractivity contribution is 7.47. The van der Waals surface area contributed by atoms with Crippen LogP contribution in [0.25, 0.3) is 0 Å². The zero-order chi connectivity index (χ0) is 45.1. The Balaban J connectivity index is 4.54. The molecule has 61 heavy (non-hydrogen) atoms. The van der Waals surface area contributed by atoms with Crippen LogP contribution < -0.4 is 0 Å². The predicted molar refractivity (Wildman–Crippen MR) is 244 cm³/mol. The Hall–Kier alpha value is -3.19. The number of carbonyl (C=O) groups excluding carboxylic acids is 2. The van der Waals surface area contributed by atoms with Crippen molar-refractivity contribution in [1.82, 2.24) is 0 Å². The minimum absolute atomic E-state index is 0.0526. The molecule has 0 aromatic rings. The van der Waals surface area contributed by atoms with Gasteiger partial charge in [0.1, 0.15) is 12.7 Å². The van der Waals surface area contributed by atoms with Gasteiger partial charge >= 0.3 is 19.8 Å². The zero-order valence-electron chi connectivity index (χ0n) is 37.1. The van der Waals surface area contributed by atoms with Gasteiger partial charge in [-0.25, -0.2) is 4.57 Å². The number of esters is 2. The summed E-state index contributed by atoms with van der Waals surface area (Å²) in [5.74, 6) is -1.11.